The first-order valence-electron chi connectivity index (χ1n) is 6.31. The second kappa shape index (κ2) is 6.86. The number of benzene rings is 1. The molecule has 0 atom stereocenters. The Kier molecular flexibility index (Phi) is 5.46. The van der Waals surface area contributed by atoms with Gasteiger partial charge in [0.05, 0.1) is 11.0 Å². The van der Waals surface area contributed by atoms with Gasteiger partial charge in [0.25, 0.3) is 5.69 Å². The summed E-state index contributed by atoms with van der Waals surface area (Å²) in [7, 11) is 0. The minimum Gasteiger partial charge on any atom is -0.296 e. The molecule has 102 valence electrons. The van der Waals surface area contributed by atoms with Crippen LogP contribution >= 0.6 is 0 Å². The van der Waals surface area contributed by atoms with Crippen LogP contribution in [0.2, 0.25) is 0 Å². The summed E-state index contributed by atoms with van der Waals surface area (Å²) < 4.78 is 0. The summed E-state index contributed by atoms with van der Waals surface area (Å²) >= 11 is 0. The number of nitrogens with zero attached hydrogens (tertiary/aromatic N) is 3. The van der Waals surface area contributed by atoms with E-state index in [1.807, 2.05) is 6.07 Å². The third-order valence-corrected chi connectivity index (χ3v) is 3.23. The van der Waals surface area contributed by atoms with Gasteiger partial charge in [0.1, 0.15) is 0 Å². The number of hydrogen-bond acceptors (Lipinski definition) is 4. The molecule has 0 amide bonds. The summed E-state index contributed by atoms with van der Waals surface area (Å²) in [6.07, 6.45) is 0.464. The molecule has 1 rings (SSSR count). The quantitative estimate of drug-likeness (QED) is 0.583. The molecule has 0 bridgehead atoms. The second-order valence-electron chi connectivity index (χ2n) is 4.79. The fraction of sp³-hybridized carbons (Fsp3) is 0.500. The van der Waals surface area contributed by atoms with Crippen molar-refractivity contribution < 1.29 is 4.92 Å². The van der Waals surface area contributed by atoms with Crippen molar-refractivity contribution >= 4 is 5.69 Å². The molecule has 5 heteroatoms. The van der Waals surface area contributed by atoms with Crippen molar-refractivity contribution in [2.24, 2.45) is 0 Å². The standard InChI is InChI=1S/C14H19N3O2/c1-11(2)16(9-5-8-15)10-13-6-4-7-14(12(13)3)17(18)19/h4,6-7,11H,5,9-10H2,1-3H3. The first-order chi connectivity index (χ1) is 8.97. The highest BCUT2D eigenvalue weighted by Gasteiger charge is 2.16. The number of hydrogen-bond donors (Lipinski definition) is 0. The SMILES string of the molecule is Cc1c(CN(CCC#N)C(C)C)cccc1[N+](=O)[O-]. The molecule has 19 heavy (non-hydrogen) atoms. The lowest BCUT2D eigenvalue weighted by atomic mass is 10.1. The van der Waals surface area contributed by atoms with E-state index in [0.29, 0.717) is 31.1 Å². The van der Waals surface area contributed by atoms with Gasteiger partial charge >= 0.3 is 0 Å². The van der Waals surface area contributed by atoms with Crippen molar-refractivity contribution in [2.75, 3.05) is 6.54 Å². The van der Waals surface area contributed by atoms with Crippen molar-refractivity contribution in [3.63, 3.8) is 0 Å². The van der Waals surface area contributed by atoms with Gasteiger partial charge in [-0.1, -0.05) is 12.1 Å². The fourth-order valence-corrected chi connectivity index (χ4v) is 1.97. The molecule has 0 aromatic heterocycles. The molecule has 5 nitrogen and oxygen atoms in total. The van der Waals surface area contributed by atoms with E-state index in [1.165, 1.54) is 6.07 Å². The molecule has 0 heterocycles. The van der Waals surface area contributed by atoms with Gasteiger partial charge in [-0.15, -0.1) is 0 Å². The van der Waals surface area contributed by atoms with E-state index >= 15 is 0 Å². The predicted octanol–water partition coefficient (Wildman–Crippen LogP) is 3.03. The van der Waals surface area contributed by atoms with Gasteiger partial charge in [-0.25, -0.2) is 0 Å². The number of nitro benzene ring substituents is 1. The summed E-state index contributed by atoms with van der Waals surface area (Å²) in [4.78, 5) is 12.7. The van der Waals surface area contributed by atoms with Crippen molar-refractivity contribution in [2.45, 2.75) is 39.8 Å². The van der Waals surface area contributed by atoms with Gasteiger partial charge in [-0.3, -0.25) is 15.0 Å². The summed E-state index contributed by atoms with van der Waals surface area (Å²) in [6, 6.07) is 7.57. The summed E-state index contributed by atoms with van der Waals surface area (Å²) in [5, 5.41) is 19.6. The molecular formula is C14H19N3O2. The highest BCUT2D eigenvalue weighted by Crippen LogP contribution is 2.22. The van der Waals surface area contributed by atoms with Gasteiger partial charge in [0.15, 0.2) is 0 Å². The maximum Gasteiger partial charge on any atom is 0.272 e. The number of nitriles is 1. The van der Waals surface area contributed by atoms with E-state index in [2.05, 4.69) is 24.8 Å². The zero-order valence-electron chi connectivity index (χ0n) is 11.6. The maximum absolute atomic E-state index is 10.9. The molecule has 0 N–H and O–H groups in total. The van der Waals surface area contributed by atoms with E-state index < -0.39 is 0 Å². The molecule has 1 aromatic carbocycles. The third-order valence-electron chi connectivity index (χ3n) is 3.23. The van der Waals surface area contributed by atoms with Crippen LogP contribution in [0.5, 0.6) is 0 Å². The Labute approximate surface area is 113 Å². The normalized spacial score (nSPS) is 10.7. The highest BCUT2D eigenvalue weighted by molar-refractivity contribution is 5.44. The summed E-state index contributed by atoms with van der Waals surface area (Å²) in [6.45, 7) is 7.20. The van der Waals surface area contributed by atoms with E-state index in [0.717, 1.165) is 5.56 Å². The summed E-state index contributed by atoms with van der Waals surface area (Å²) in [5.41, 5.74) is 1.80. The first-order valence-corrected chi connectivity index (χ1v) is 6.31. The van der Waals surface area contributed by atoms with Crippen LogP contribution in [0, 0.1) is 28.4 Å². The lowest BCUT2D eigenvalue weighted by Crippen LogP contribution is -2.31. The van der Waals surface area contributed by atoms with Gasteiger partial charge in [-0.05, 0) is 26.3 Å². The summed E-state index contributed by atoms with van der Waals surface area (Å²) in [5.74, 6) is 0. The van der Waals surface area contributed by atoms with Gasteiger partial charge in [0.2, 0.25) is 0 Å². The van der Waals surface area contributed by atoms with E-state index in [1.54, 1.807) is 13.0 Å². The molecule has 0 saturated heterocycles. The zero-order chi connectivity index (χ0) is 14.4. The third kappa shape index (κ3) is 4.04. The van der Waals surface area contributed by atoms with Crippen molar-refractivity contribution in [1.82, 2.24) is 4.90 Å². The molecule has 0 radical (unpaired) electrons. The minimum atomic E-state index is -0.353. The molecule has 0 unspecified atom stereocenters. The smallest absolute Gasteiger partial charge is 0.272 e. The van der Waals surface area contributed by atoms with Gasteiger partial charge in [-0.2, -0.15) is 5.26 Å². The molecule has 0 spiro atoms. The second-order valence-corrected chi connectivity index (χ2v) is 4.79. The van der Waals surface area contributed by atoms with Crippen LogP contribution in [-0.4, -0.2) is 22.4 Å². The molecule has 0 aliphatic carbocycles. The van der Waals surface area contributed by atoms with Crippen LogP contribution in [0.3, 0.4) is 0 Å². The Morgan fingerprint density at radius 1 is 1.47 bits per heavy atom. The Balaban J connectivity index is 2.94. The molecule has 0 aliphatic heterocycles. The molecular weight excluding hydrogens is 242 g/mol. The predicted molar refractivity (Wildman–Crippen MR) is 73.6 cm³/mol. The molecule has 0 aliphatic rings. The van der Waals surface area contributed by atoms with E-state index in [9.17, 15) is 10.1 Å². The Morgan fingerprint density at radius 3 is 2.68 bits per heavy atom. The zero-order valence-corrected chi connectivity index (χ0v) is 11.6. The Morgan fingerprint density at radius 2 is 2.16 bits per heavy atom. The van der Waals surface area contributed by atoms with Crippen LogP contribution in [0.25, 0.3) is 0 Å². The molecule has 0 saturated carbocycles. The largest absolute Gasteiger partial charge is 0.296 e. The Hall–Kier alpha value is -1.93. The highest BCUT2D eigenvalue weighted by atomic mass is 16.6. The van der Waals surface area contributed by atoms with Crippen LogP contribution < -0.4 is 0 Å². The first kappa shape index (κ1) is 15.1. The van der Waals surface area contributed by atoms with Crippen LogP contribution in [0.4, 0.5) is 5.69 Å². The lowest BCUT2D eigenvalue weighted by molar-refractivity contribution is -0.385. The van der Waals surface area contributed by atoms with Gasteiger partial charge < -0.3 is 0 Å². The van der Waals surface area contributed by atoms with Crippen LogP contribution in [-0.2, 0) is 6.54 Å². The minimum absolute atomic E-state index is 0.154. The van der Waals surface area contributed by atoms with Crippen LogP contribution in [0.1, 0.15) is 31.4 Å². The molecule has 1 aromatic rings. The lowest BCUT2D eigenvalue weighted by Gasteiger charge is -2.26. The average molecular weight is 261 g/mol. The van der Waals surface area contributed by atoms with E-state index in [-0.39, 0.29) is 10.6 Å². The number of nitro groups is 1. The van der Waals surface area contributed by atoms with Gasteiger partial charge in [0, 0.05) is 37.2 Å². The van der Waals surface area contributed by atoms with Crippen LogP contribution in [0.15, 0.2) is 18.2 Å². The topological polar surface area (TPSA) is 70.2 Å². The van der Waals surface area contributed by atoms with Crippen molar-refractivity contribution in [3.05, 3.63) is 39.4 Å². The fourth-order valence-electron chi connectivity index (χ4n) is 1.97. The number of rotatable bonds is 6. The Bertz CT molecular complexity index is 492. The average Bonchev–Trinajstić information content (AvgIpc) is 2.35. The van der Waals surface area contributed by atoms with E-state index in [4.69, 9.17) is 5.26 Å². The van der Waals surface area contributed by atoms with Crippen molar-refractivity contribution in [1.29, 1.82) is 5.26 Å². The maximum atomic E-state index is 10.9. The molecule has 0 fully saturated rings. The van der Waals surface area contributed by atoms with Crippen molar-refractivity contribution in [3.8, 4) is 6.07 Å². The monoisotopic (exact) mass is 261 g/mol.